The number of hydrogen-bond acceptors (Lipinski definition) is 5. The third-order valence-electron chi connectivity index (χ3n) is 4.41. The molecule has 0 aliphatic heterocycles. The molecule has 0 spiro atoms. The monoisotopic (exact) mass is 373 g/mol. The first kappa shape index (κ1) is 20.2. The maximum Gasteiger partial charge on any atom is 0.220 e. The van der Waals surface area contributed by atoms with Crippen molar-refractivity contribution in [3.63, 3.8) is 0 Å². The second kappa shape index (κ2) is 9.03. The molecule has 0 saturated heterocycles. The minimum Gasteiger partial charge on any atom is -0.496 e. The van der Waals surface area contributed by atoms with Crippen molar-refractivity contribution in [3.8, 4) is 5.75 Å². The third kappa shape index (κ3) is 4.97. The van der Waals surface area contributed by atoms with Crippen LogP contribution in [0.15, 0.2) is 23.4 Å². The lowest BCUT2D eigenvalue weighted by Crippen LogP contribution is -2.27. The maximum atomic E-state index is 12.4. The van der Waals surface area contributed by atoms with Crippen molar-refractivity contribution in [2.24, 2.45) is 0 Å². The molecule has 2 rings (SSSR count). The highest BCUT2D eigenvalue weighted by Crippen LogP contribution is 2.26. The van der Waals surface area contributed by atoms with Gasteiger partial charge in [-0.25, -0.2) is 9.97 Å². The highest BCUT2D eigenvalue weighted by atomic mass is 32.2. The van der Waals surface area contributed by atoms with E-state index in [0.717, 1.165) is 39.0 Å². The Hall–Kier alpha value is -2.08. The van der Waals surface area contributed by atoms with E-state index in [1.807, 2.05) is 52.1 Å². The average Bonchev–Trinajstić information content (AvgIpc) is 2.60. The van der Waals surface area contributed by atoms with Crippen molar-refractivity contribution in [1.82, 2.24) is 15.3 Å². The number of carbonyl (C=O) groups is 1. The van der Waals surface area contributed by atoms with Gasteiger partial charge < -0.3 is 10.1 Å². The minimum atomic E-state index is -0.116. The van der Waals surface area contributed by atoms with E-state index in [9.17, 15) is 4.79 Å². The highest BCUT2D eigenvalue weighted by molar-refractivity contribution is 7.98. The number of aromatic nitrogens is 2. The van der Waals surface area contributed by atoms with Gasteiger partial charge in [-0.3, -0.25) is 4.79 Å². The summed E-state index contributed by atoms with van der Waals surface area (Å²) < 4.78 is 5.42. The summed E-state index contributed by atoms with van der Waals surface area (Å²) in [5.41, 5.74) is 5.07. The van der Waals surface area contributed by atoms with Gasteiger partial charge in [0.2, 0.25) is 5.91 Å². The summed E-state index contributed by atoms with van der Waals surface area (Å²) in [6, 6.07) is 5.87. The second-order valence-corrected chi connectivity index (χ2v) is 7.17. The molecule has 0 saturated carbocycles. The number of nitrogens with one attached hydrogen (secondary N) is 1. The van der Waals surface area contributed by atoms with Gasteiger partial charge in [0, 0.05) is 23.4 Å². The molecule has 0 aliphatic carbocycles. The van der Waals surface area contributed by atoms with Gasteiger partial charge in [-0.2, -0.15) is 0 Å². The lowest BCUT2D eigenvalue weighted by atomic mass is 10.0. The number of nitrogens with zero attached hydrogens (tertiary/aromatic N) is 2. The SMILES string of the molecule is COc1ccc(C)cc1C(C)NC(=O)CCc1c(C)nc(SC)nc1C. The van der Waals surface area contributed by atoms with Crippen LogP contribution in [0.1, 0.15) is 47.5 Å². The normalized spacial score (nSPS) is 11.9. The average molecular weight is 374 g/mol. The Morgan fingerprint density at radius 3 is 2.46 bits per heavy atom. The van der Waals surface area contributed by atoms with Crippen LogP contribution in [0.5, 0.6) is 5.75 Å². The summed E-state index contributed by atoms with van der Waals surface area (Å²) in [6.45, 7) is 7.95. The number of carbonyl (C=O) groups excluding carboxylic acids is 1. The molecule has 1 unspecified atom stereocenters. The Morgan fingerprint density at radius 2 is 1.88 bits per heavy atom. The van der Waals surface area contributed by atoms with Gasteiger partial charge in [-0.15, -0.1) is 0 Å². The fourth-order valence-electron chi connectivity index (χ4n) is 2.98. The number of thioether (sulfide) groups is 1. The molecule has 6 heteroatoms. The predicted octanol–water partition coefficient (Wildman–Crippen LogP) is 3.94. The number of rotatable bonds is 7. The zero-order valence-electron chi connectivity index (χ0n) is 16.3. The standard InChI is InChI=1S/C20H27N3O2S/c1-12-7-9-18(25-5)17(11-12)15(4)21-19(24)10-8-16-13(2)22-20(26-6)23-14(16)3/h7,9,11,15H,8,10H2,1-6H3,(H,21,24). The van der Waals surface area contributed by atoms with Crippen LogP contribution in [-0.4, -0.2) is 29.2 Å². The molecule has 1 aromatic carbocycles. The largest absolute Gasteiger partial charge is 0.496 e. The Kier molecular flexibility index (Phi) is 7.03. The van der Waals surface area contributed by atoms with Crippen LogP contribution in [0.4, 0.5) is 0 Å². The molecule has 0 fully saturated rings. The maximum absolute atomic E-state index is 12.4. The Bertz CT molecular complexity index is 770. The van der Waals surface area contributed by atoms with Gasteiger partial charge in [-0.1, -0.05) is 29.5 Å². The molecule has 0 radical (unpaired) electrons. The molecule has 1 N–H and O–H groups in total. The topological polar surface area (TPSA) is 64.1 Å². The number of aryl methyl sites for hydroxylation is 3. The van der Waals surface area contributed by atoms with Gasteiger partial charge in [-0.05, 0) is 52.0 Å². The van der Waals surface area contributed by atoms with Gasteiger partial charge in [0.15, 0.2) is 5.16 Å². The van der Waals surface area contributed by atoms with E-state index in [-0.39, 0.29) is 11.9 Å². The number of amides is 1. The van der Waals surface area contributed by atoms with E-state index >= 15 is 0 Å². The van der Waals surface area contributed by atoms with Crippen LogP contribution in [-0.2, 0) is 11.2 Å². The molecule has 1 aromatic heterocycles. The van der Waals surface area contributed by atoms with Gasteiger partial charge in [0.25, 0.3) is 0 Å². The molecule has 26 heavy (non-hydrogen) atoms. The van der Waals surface area contributed by atoms with Gasteiger partial charge in [0.05, 0.1) is 13.2 Å². The van der Waals surface area contributed by atoms with Crippen LogP contribution in [0.25, 0.3) is 0 Å². The number of methoxy groups -OCH3 is 1. The molecule has 0 aliphatic rings. The Balaban J connectivity index is 2.02. The van der Waals surface area contributed by atoms with Crippen molar-refractivity contribution >= 4 is 17.7 Å². The van der Waals surface area contributed by atoms with Crippen molar-refractivity contribution in [3.05, 3.63) is 46.3 Å². The third-order valence-corrected chi connectivity index (χ3v) is 4.96. The van der Waals surface area contributed by atoms with Crippen LogP contribution >= 0.6 is 11.8 Å². The summed E-state index contributed by atoms with van der Waals surface area (Å²) in [6.07, 6.45) is 3.00. The van der Waals surface area contributed by atoms with Gasteiger partial charge in [0.1, 0.15) is 5.75 Å². The molecular weight excluding hydrogens is 346 g/mol. The summed E-state index contributed by atoms with van der Waals surface area (Å²) in [7, 11) is 1.65. The zero-order valence-corrected chi connectivity index (χ0v) is 17.2. The van der Waals surface area contributed by atoms with Crippen LogP contribution < -0.4 is 10.1 Å². The first-order valence-corrected chi connectivity index (χ1v) is 9.90. The summed E-state index contributed by atoms with van der Waals surface area (Å²) in [5.74, 6) is 0.796. The van der Waals surface area contributed by atoms with E-state index in [1.54, 1.807) is 7.11 Å². The Morgan fingerprint density at radius 1 is 1.23 bits per heavy atom. The predicted molar refractivity (Wildman–Crippen MR) is 106 cm³/mol. The second-order valence-electron chi connectivity index (χ2n) is 6.39. The molecule has 0 bridgehead atoms. The molecule has 2 aromatic rings. The van der Waals surface area contributed by atoms with Crippen molar-refractivity contribution in [2.45, 2.75) is 51.7 Å². The summed E-state index contributed by atoms with van der Waals surface area (Å²) in [4.78, 5) is 21.4. The summed E-state index contributed by atoms with van der Waals surface area (Å²) in [5, 5.41) is 3.84. The first-order chi connectivity index (χ1) is 12.3. The first-order valence-electron chi connectivity index (χ1n) is 8.67. The van der Waals surface area contributed by atoms with Crippen LogP contribution in [0.3, 0.4) is 0 Å². The number of ether oxygens (including phenoxy) is 1. The van der Waals surface area contributed by atoms with E-state index in [4.69, 9.17) is 4.74 Å². The van der Waals surface area contributed by atoms with Crippen LogP contribution in [0, 0.1) is 20.8 Å². The minimum absolute atomic E-state index is 0.00815. The van der Waals surface area contributed by atoms with Crippen molar-refractivity contribution in [2.75, 3.05) is 13.4 Å². The lowest BCUT2D eigenvalue weighted by Gasteiger charge is -2.18. The van der Waals surface area contributed by atoms with Crippen molar-refractivity contribution in [1.29, 1.82) is 0 Å². The molecule has 1 amide bonds. The number of hydrogen-bond donors (Lipinski definition) is 1. The number of benzene rings is 1. The summed E-state index contributed by atoms with van der Waals surface area (Å²) >= 11 is 1.53. The van der Waals surface area contributed by atoms with Gasteiger partial charge >= 0.3 is 0 Å². The highest BCUT2D eigenvalue weighted by Gasteiger charge is 2.16. The molecule has 140 valence electrons. The molecule has 5 nitrogen and oxygen atoms in total. The van der Waals surface area contributed by atoms with Crippen molar-refractivity contribution < 1.29 is 9.53 Å². The fraction of sp³-hybridized carbons (Fsp3) is 0.450. The Labute approximate surface area is 160 Å². The smallest absolute Gasteiger partial charge is 0.220 e. The molecule has 1 atom stereocenters. The molecular formula is C20H27N3O2S. The molecule has 1 heterocycles. The fourth-order valence-corrected chi connectivity index (χ4v) is 3.44. The quantitative estimate of drug-likeness (QED) is 0.588. The van der Waals surface area contributed by atoms with E-state index in [2.05, 4.69) is 15.3 Å². The van der Waals surface area contributed by atoms with E-state index in [1.165, 1.54) is 11.8 Å². The van der Waals surface area contributed by atoms with E-state index < -0.39 is 0 Å². The lowest BCUT2D eigenvalue weighted by molar-refractivity contribution is -0.121. The van der Waals surface area contributed by atoms with E-state index in [0.29, 0.717) is 12.8 Å². The van der Waals surface area contributed by atoms with Crippen LogP contribution in [0.2, 0.25) is 0 Å². The zero-order chi connectivity index (χ0) is 19.3.